The predicted octanol–water partition coefficient (Wildman–Crippen LogP) is 0.891. The lowest BCUT2D eigenvalue weighted by atomic mass is 10.2. The number of halogens is 1. The highest BCUT2D eigenvalue weighted by atomic mass is 79.9. The summed E-state index contributed by atoms with van der Waals surface area (Å²) >= 11 is 3.06. The van der Waals surface area contributed by atoms with E-state index >= 15 is 0 Å². The molecule has 106 valence electrons. The van der Waals surface area contributed by atoms with Crippen molar-refractivity contribution in [3.8, 4) is 0 Å². The first-order valence-electron chi connectivity index (χ1n) is 4.71. The van der Waals surface area contributed by atoms with Gasteiger partial charge in [-0.15, -0.1) is 0 Å². The van der Waals surface area contributed by atoms with Gasteiger partial charge in [0.15, 0.2) is 14.9 Å². The number of rotatable bonds is 5. The summed E-state index contributed by atoms with van der Waals surface area (Å²) in [6, 6.07) is 3.87. The van der Waals surface area contributed by atoms with Gasteiger partial charge in [-0.25, -0.2) is 21.6 Å². The lowest BCUT2D eigenvalue weighted by Crippen LogP contribution is -2.23. The van der Waals surface area contributed by atoms with Crippen LogP contribution in [0.25, 0.3) is 0 Å². The van der Waals surface area contributed by atoms with Crippen LogP contribution in [0.2, 0.25) is 0 Å². The van der Waals surface area contributed by atoms with Crippen molar-refractivity contribution < 1.29 is 26.7 Å². The smallest absolute Gasteiger partial charge is 0.337 e. The van der Waals surface area contributed by atoms with Gasteiger partial charge in [0.05, 0.1) is 11.3 Å². The maximum atomic E-state index is 11.6. The number of carboxylic acid groups (broad SMARTS) is 1. The molecule has 0 heterocycles. The lowest BCUT2D eigenvalue weighted by Gasteiger charge is -2.10. The number of hydrogen-bond donors (Lipinski definition) is 2. The third kappa shape index (κ3) is 5.17. The molecule has 0 radical (unpaired) electrons. The molecule has 0 aliphatic heterocycles. The summed E-state index contributed by atoms with van der Waals surface area (Å²) < 4.78 is 47.5. The van der Waals surface area contributed by atoms with Crippen LogP contribution in [0.4, 0.5) is 5.69 Å². The van der Waals surface area contributed by atoms with Gasteiger partial charge in [0.25, 0.3) is 0 Å². The van der Waals surface area contributed by atoms with E-state index in [1.165, 1.54) is 18.2 Å². The monoisotopic (exact) mass is 371 g/mol. The molecule has 2 N–H and O–H groups in total. The number of sulfone groups is 1. The fourth-order valence-electron chi connectivity index (χ4n) is 1.26. The summed E-state index contributed by atoms with van der Waals surface area (Å²) in [5.41, 5.74) is -0.481. The Kier molecular flexibility index (Phi) is 4.59. The topological polar surface area (TPSA) is 118 Å². The van der Waals surface area contributed by atoms with Crippen LogP contribution in [-0.2, 0) is 19.9 Å². The number of sulfonamides is 1. The minimum atomic E-state index is -4.18. The lowest BCUT2D eigenvalue weighted by molar-refractivity contribution is 0.0698. The maximum absolute atomic E-state index is 11.6. The first kappa shape index (κ1) is 15.9. The molecule has 0 unspecified atom stereocenters. The minimum absolute atomic E-state index is 0.195. The molecule has 7 nitrogen and oxygen atoms in total. The van der Waals surface area contributed by atoms with E-state index in [1.54, 1.807) is 0 Å². The maximum Gasteiger partial charge on any atom is 0.337 e. The van der Waals surface area contributed by atoms with Crippen molar-refractivity contribution in [3.63, 3.8) is 0 Å². The predicted molar refractivity (Wildman–Crippen MR) is 73.4 cm³/mol. The first-order valence-corrected chi connectivity index (χ1v) is 9.22. The van der Waals surface area contributed by atoms with Crippen LogP contribution in [0.3, 0.4) is 0 Å². The molecule has 0 saturated carbocycles. The molecule has 0 aliphatic rings. The number of aromatic carboxylic acids is 1. The van der Waals surface area contributed by atoms with E-state index in [0.29, 0.717) is 4.47 Å². The summed E-state index contributed by atoms with van der Waals surface area (Å²) in [6.45, 7) is 0. The molecule has 0 fully saturated rings. The average molecular weight is 372 g/mol. The fourth-order valence-corrected chi connectivity index (χ4v) is 4.63. The Morgan fingerprint density at radius 1 is 1.32 bits per heavy atom. The summed E-state index contributed by atoms with van der Waals surface area (Å²) in [6.07, 6.45) is 0.770. The number of carboxylic acids is 1. The highest BCUT2D eigenvalue weighted by Gasteiger charge is 2.21. The molecular formula is C9H10BrNO6S2. The molecule has 1 rings (SSSR count). The Labute approximate surface area is 118 Å². The molecule has 1 aromatic carbocycles. The Morgan fingerprint density at radius 2 is 1.89 bits per heavy atom. The van der Waals surface area contributed by atoms with Crippen LogP contribution in [0.5, 0.6) is 0 Å². The van der Waals surface area contributed by atoms with Gasteiger partial charge in [0.1, 0.15) is 0 Å². The Hall–Kier alpha value is -1.13. The number of benzene rings is 1. The fraction of sp³-hybridized carbons (Fsp3) is 0.222. The van der Waals surface area contributed by atoms with Crippen LogP contribution >= 0.6 is 15.9 Å². The Morgan fingerprint density at radius 3 is 2.37 bits per heavy atom. The molecule has 0 spiro atoms. The second kappa shape index (κ2) is 5.47. The van der Waals surface area contributed by atoms with Crippen molar-refractivity contribution >= 4 is 47.4 Å². The van der Waals surface area contributed by atoms with Gasteiger partial charge in [-0.05, 0) is 18.2 Å². The zero-order valence-corrected chi connectivity index (χ0v) is 12.8. The zero-order valence-electron chi connectivity index (χ0n) is 9.62. The summed E-state index contributed by atoms with van der Waals surface area (Å²) in [7, 11) is -7.93. The molecule has 1 aromatic rings. The highest BCUT2D eigenvalue weighted by Crippen LogP contribution is 2.22. The van der Waals surface area contributed by atoms with Gasteiger partial charge in [-0.3, -0.25) is 4.72 Å². The third-order valence-electron chi connectivity index (χ3n) is 1.85. The summed E-state index contributed by atoms with van der Waals surface area (Å²) in [4.78, 5) is 11.0. The molecule has 0 atom stereocenters. The van der Waals surface area contributed by atoms with E-state index in [1.807, 2.05) is 4.72 Å². The van der Waals surface area contributed by atoms with Crippen LogP contribution in [0.1, 0.15) is 10.4 Å². The average Bonchev–Trinajstić information content (AvgIpc) is 2.16. The summed E-state index contributed by atoms with van der Waals surface area (Å²) in [5.74, 6) is -1.33. The number of nitrogens with one attached hydrogen (secondary N) is 1. The standard InChI is InChI=1S/C9H10BrNO6S2/c1-18(14,15)5-19(16,17)11-8-3-2-6(10)4-7(8)9(12)13/h2-4,11H,5H2,1H3,(H,12,13). The van der Waals surface area contributed by atoms with E-state index in [-0.39, 0.29) is 11.3 Å². The number of anilines is 1. The molecule has 0 bridgehead atoms. The quantitative estimate of drug-likeness (QED) is 0.793. The van der Waals surface area contributed by atoms with Crippen molar-refractivity contribution in [1.29, 1.82) is 0 Å². The largest absolute Gasteiger partial charge is 0.478 e. The van der Waals surface area contributed by atoms with Crippen LogP contribution < -0.4 is 4.72 Å². The van der Waals surface area contributed by atoms with E-state index in [9.17, 15) is 21.6 Å². The SMILES string of the molecule is CS(=O)(=O)CS(=O)(=O)Nc1ccc(Br)cc1C(=O)O. The van der Waals surface area contributed by atoms with Crippen molar-refractivity contribution in [3.05, 3.63) is 28.2 Å². The number of hydrogen-bond acceptors (Lipinski definition) is 5. The van der Waals surface area contributed by atoms with Gasteiger partial charge < -0.3 is 5.11 Å². The van der Waals surface area contributed by atoms with Crippen molar-refractivity contribution in [2.24, 2.45) is 0 Å². The molecule has 0 amide bonds. The van der Waals surface area contributed by atoms with Gasteiger partial charge in [0.2, 0.25) is 10.0 Å². The minimum Gasteiger partial charge on any atom is -0.478 e. The highest BCUT2D eigenvalue weighted by molar-refractivity contribution is 9.10. The van der Waals surface area contributed by atoms with E-state index < -0.39 is 30.9 Å². The molecule has 10 heteroatoms. The van der Waals surface area contributed by atoms with Crippen LogP contribution in [0, 0.1) is 0 Å². The summed E-state index contributed by atoms with van der Waals surface area (Å²) in [5, 5.41) is 7.83. The van der Waals surface area contributed by atoms with E-state index in [0.717, 1.165) is 6.26 Å². The Balaban J connectivity index is 3.17. The molecular weight excluding hydrogens is 362 g/mol. The second-order valence-electron chi connectivity index (χ2n) is 3.76. The van der Waals surface area contributed by atoms with Crippen molar-refractivity contribution in [2.75, 3.05) is 16.1 Å². The first-order chi connectivity index (χ1) is 8.50. The molecule has 19 heavy (non-hydrogen) atoms. The number of carbonyl (C=O) groups is 1. The normalized spacial score (nSPS) is 12.1. The van der Waals surface area contributed by atoms with E-state index in [2.05, 4.69) is 15.9 Å². The van der Waals surface area contributed by atoms with Crippen LogP contribution in [0.15, 0.2) is 22.7 Å². The van der Waals surface area contributed by atoms with Gasteiger partial charge in [-0.2, -0.15) is 0 Å². The third-order valence-corrected chi connectivity index (χ3v) is 5.82. The van der Waals surface area contributed by atoms with Crippen LogP contribution in [-0.4, -0.2) is 39.3 Å². The molecule has 0 saturated heterocycles. The van der Waals surface area contributed by atoms with Gasteiger partial charge in [-0.1, -0.05) is 15.9 Å². The van der Waals surface area contributed by atoms with Gasteiger partial charge in [0, 0.05) is 10.7 Å². The molecule has 0 aromatic heterocycles. The van der Waals surface area contributed by atoms with Gasteiger partial charge >= 0.3 is 5.97 Å². The zero-order chi connectivity index (χ0) is 14.8. The second-order valence-corrected chi connectivity index (χ2v) is 8.90. The Bertz CT molecular complexity index is 710. The van der Waals surface area contributed by atoms with E-state index in [4.69, 9.17) is 5.11 Å². The molecule has 0 aliphatic carbocycles. The van der Waals surface area contributed by atoms with Crippen molar-refractivity contribution in [2.45, 2.75) is 0 Å². The van der Waals surface area contributed by atoms with Crippen molar-refractivity contribution in [1.82, 2.24) is 0 Å².